The number of carbonyl (C=O) groups is 3. The quantitative estimate of drug-likeness (QED) is 0.276. The van der Waals surface area contributed by atoms with Crippen molar-refractivity contribution in [2.24, 2.45) is 5.92 Å². The lowest BCUT2D eigenvalue weighted by molar-refractivity contribution is -0.144. The Hall–Kier alpha value is -4.61. The van der Waals surface area contributed by atoms with Crippen LogP contribution in [0.15, 0.2) is 30.3 Å². The number of amides is 3. The van der Waals surface area contributed by atoms with Crippen molar-refractivity contribution in [2.75, 3.05) is 49.1 Å². The summed E-state index contributed by atoms with van der Waals surface area (Å²) in [5.74, 6) is -2.05. The van der Waals surface area contributed by atoms with Gasteiger partial charge in [0.15, 0.2) is 0 Å². The molecule has 4 N–H and O–H groups in total. The number of hydrogen-bond donors (Lipinski definition) is 4. The van der Waals surface area contributed by atoms with Crippen molar-refractivity contribution in [3.63, 3.8) is 0 Å². The monoisotopic (exact) mass is 630 g/mol. The summed E-state index contributed by atoms with van der Waals surface area (Å²) >= 11 is 0. The zero-order valence-corrected chi connectivity index (χ0v) is 24.8. The molecule has 4 rings (SSSR count). The molecule has 0 saturated carbocycles. The van der Waals surface area contributed by atoms with Gasteiger partial charge in [-0.25, -0.2) is 14.8 Å². The number of piperidine rings is 1. The fraction of sp³-hybridized carbons (Fsp3) is 0.533. The summed E-state index contributed by atoms with van der Waals surface area (Å²) < 4.78 is 41.7. The number of rotatable bonds is 12. The van der Waals surface area contributed by atoms with E-state index in [1.807, 2.05) is 12.1 Å². The second-order valence-corrected chi connectivity index (χ2v) is 11.2. The van der Waals surface area contributed by atoms with E-state index in [2.05, 4.69) is 32.0 Å². The highest BCUT2D eigenvalue weighted by Gasteiger charge is 2.39. The van der Waals surface area contributed by atoms with E-state index in [0.29, 0.717) is 76.8 Å². The van der Waals surface area contributed by atoms with Crippen molar-refractivity contribution in [3.05, 3.63) is 47.3 Å². The number of nitriles is 1. The highest BCUT2D eigenvalue weighted by molar-refractivity contribution is 5.85. The summed E-state index contributed by atoms with van der Waals surface area (Å²) in [4.78, 5) is 46.6. The van der Waals surface area contributed by atoms with Crippen LogP contribution in [0.1, 0.15) is 55.5 Å². The van der Waals surface area contributed by atoms with E-state index >= 15 is 0 Å². The van der Waals surface area contributed by atoms with Crippen LogP contribution < -0.4 is 25.8 Å². The Morgan fingerprint density at radius 2 is 1.64 bits per heavy atom. The topological polar surface area (TPSA) is 164 Å². The van der Waals surface area contributed by atoms with Crippen LogP contribution in [0.25, 0.3) is 0 Å². The van der Waals surface area contributed by atoms with Crippen LogP contribution in [0.4, 0.5) is 29.6 Å². The number of alkyl halides is 3. The highest BCUT2D eigenvalue weighted by Crippen LogP contribution is 2.34. The molecule has 2 aromatic rings. The maximum atomic E-state index is 13.9. The molecule has 3 amide bonds. The Morgan fingerprint density at radius 3 is 2.31 bits per heavy atom. The third kappa shape index (κ3) is 9.69. The molecular weight excluding hydrogens is 593 g/mol. The molecule has 2 saturated heterocycles. The molecule has 0 radical (unpaired) electrons. The molecule has 0 spiro atoms. The molecule has 0 bridgehead atoms. The van der Waals surface area contributed by atoms with E-state index in [4.69, 9.17) is 10.4 Å². The van der Waals surface area contributed by atoms with Gasteiger partial charge in [0.05, 0.1) is 18.1 Å². The van der Waals surface area contributed by atoms with Crippen molar-refractivity contribution >= 4 is 29.5 Å². The van der Waals surface area contributed by atoms with Crippen LogP contribution >= 0.6 is 0 Å². The molecule has 2 aliphatic heterocycles. The van der Waals surface area contributed by atoms with E-state index in [1.54, 1.807) is 21.9 Å². The molecular formula is C30H37F3N8O4. The van der Waals surface area contributed by atoms with Gasteiger partial charge in [0.2, 0.25) is 11.7 Å². The molecule has 1 atom stereocenters. The molecule has 1 aromatic carbocycles. The summed E-state index contributed by atoms with van der Waals surface area (Å²) in [5, 5.41) is 25.7. The van der Waals surface area contributed by atoms with Gasteiger partial charge < -0.3 is 30.9 Å². The predicted molar refractivity (Wildman–Crippen MR) is 158 cm³/mol. The number of anilines is 2. The first-order valence-electron chi connectivity index (χ1n) is 15.0. The number of nitrogens with zero attached hydrogens (tertiary/aromatic N) is 5. The SMILES string of the molecule is N#Cc1ccc(CCNC(=O)C2CCCN2c2cc(N3CCC(CCNC(=O)NCCC(=O)O)CC3)nc(C(F)(F)F)n2)cc1. The van der Waals surface area contributed by atoms with E-state index in [0.717, 1.165) is 5.56 Å². The summed E-state index contributed by atoms with van der Waals surface area (Å²) in [5.41, 5.74) is 1.49. The molecule has 15 heteroatoms. The summed E-state index contributed by atoms with van der Waals surface area (Å²) in [6.45, 7) is 2.11. The summed E-state index contributed by atoms with van der Waals surface area (Å²) in [6, 6.07) is 9.53. The third-order valence-corrected chi connectivity index (χ3v) is 8.00. The minimum absolute atomic E-state index is 0.0309. The minimum Gasteiger partial charge on any atom is -0.481 e. The lowest BCUT2D eigenvalue weighted by Gasteiger charge is -2.34. The number of carboxylic acids is 1. The summed E-state index contributed by atoms with van der Waals surface area (Å²) in [6.07, 6.45) is -1.21. The van der Waals surface area contributed by atoms with E-state index < -0.39 is 30.0 Å². The number of benzene rings is 1. The average molecular weight is 631 g/mol. The van der Waals surface area contributed by atoms with Gasteiger partial charge in [-0.15, -0.1) is 0 Å². The van der Waals surface area contributed by atoms with Gasteiger partial charge in [0.25, 0.3) is 0 Å². The molecule has 2 aliphatic rings. The Kier molecular flexibility index (Phi) is 11.4. The second kappa shape index (κ2) is 15.4. The zero-order chi connectivity index (χ0) is 32.4. The standard InChI is InChI=1S/C30H37F3N8O4/c31-30(32,33)28-38-24(40-16-10-21(11-17-40)8-13-36-29(45)37-14-9-26(42)43)18-25(39-28)41-15-1-2-23(41)27(44)35-12-7-20-3-5-22(19-34)6-4-20/h3-6,18,21,23H,1-2,7-17H2,(H,35,44)(H,42,43)(H2,36,37,45). The second-order valence-electron chi connectivity index (χ2n) is 11.2. The van der Waals surface area contributed by atoms with Gasteiger partial charge >= 0.3 is 18.2 Å². The number of hydrogen-bond acceptors (Lipinski definition) is 8. The van der Waals surface area contributed by atoms with Gasteiger partial charge in [-0.2, -0.15) is 18.4 Å². The molecule has 242 valence electrons. The molecule has 3 heterocycles. The molecule has 45 heavy (non-hydrogen) atoms. The maximum Gasteiger partial charge on any atom is 0.451 e. The number of nitrogens with one attached hydrogen (secondary N) is 3. The average Bonchev–Trinajstić information content (AvgIpc) is 3.51. The van der Waals surface area contributed by atoms with Gasteiger partial charge in [0, 0.05) is 45.3 Å². The smallest absolute Gasteiger partial charge is 0.451 e. The number of aromatic nitrogens is 2. The number of urea groups is 1. The first kappa shape index (κ1) is 33.3. The number of halogens is 3. The van der Waals surface area contributed by atoms with Gasteiger partial charge in [-0.3, -0.25) is 9.59 Å². The normalized spacial score (nSPS) is 17.1. The number of carbonyl (C=O) groups excluding carboxylic acids is 2. The van der Waals surface area contributed by atoms with Gasteiger partial charge in [-0.05, 0) is 62.1 Å². The van der Waals surface area contributed by atoms with E-state index in [9.17, 15) is 27.6 Å². The van der Waals surface area contributed by atoms with Crippen LogP contribution in [-0.2, 0) is 22.2 Å². The van der Waals surface area contributed by atoms with Crippen LogP contribution in [0.5, 0.6) is 0 Å². The molecule has 1 unspecified atom stereocenters. The van der Waals surface area contributed by atoms with Crippen LogP contribution in [-0.4, -0.2) is 78.3 Å². The minimum atomic E-state index is -4.77. The summed E-state index contributed by atoms with van der Waals surface area (Å²) in [7, 11) is 0. The van der Waals surface area contributed by atoms with E-state index in [-0.39, 0.29) is 36.4 Å². The maximum absolute atomic E-state index is 13.9. The highest BCUT2D eigenvalue weighted by atomic mass is 19.4. The van der Waals surface area contributed by atoms with Crippen molar-refractivity contribution in [1.82, 2.24) is 25.9 Å². The molecule has 1 aromatic heterocycles. The predicted octanol–water partition coefficient (Wildman–Crippen LogP) is 3.08. The first-order chi connectivity index (χ1) is 21.5. The fourth-order valence-electron chi connectivity index (χ4n) is 5.55. The Bertz CT molecular complexity index is 1370. The Labute approximate surface area is 259 Å². The lowest BCUT2D eigenvalue weighted by atomic mass is 9.93. The van der Waals surface area contributed by atoms with Crippen molar-refractivity contribution in [1.29, 1.82) is 5.26 Å². The zero-order valence-electron chi connectivity index (χ0n) is 24.8. The largest absolute Gasteiger partial charge is 0.481 e. The van der Waals surface area contributed by atoms with Gasteiger partial charge in [-0.1, -0.05) is 12.1 Å². The Morgan fingerprint density at radius 1 is 0.956 bits per heavy atom. The van der Waals surface area contributed by atoms with Gasteiger partial charge in [0.1, 0.15) is 17.7 Å². The van der Waals surface area contributed by atoms with E-state index in [1.165, 1.54) is 6.07 Å². The molecule has 12 nitrogen and oxygen atoms in total. The van der Waals surface area contributed by atoms with Crippen LogP contribution in [0.2, 0.25) is 0 Å². The number of aliphatic carboxylic acids is 1. The third-order valence-electron chi connectivity index (χ3n) is 8.00. The molecule has 0 aliphatic carbocycles. The lowest BCUT2D eigenvalue weighted by Crippen LogP contribution is -2.44. The first-order valence-corrected chi connectivity index (χ1v) is 15.0. The fourth-order valence-corrected chi connectivity index (χ4v) is 5.55. The van der Waals surface area contributed by atoms with Crippen molar-refractivity contribution in [2.45, 2.75) is 57.2 Å². The number of carboxylic acid groups (broad SMARTS) is 1. The van der Waals surface area contributed by atoms with Crippen LogP contribution in [0, 0.1) is 17.2 Å². The Balaban J connectivity index is 1.34. The molecule has 2 fully saturated rings. The van der Waals surface area contributed by atoms with Crippen molar-refractivity contribution in [3.8, 4) is 6.07 Å². The van der Waals surface area contributed by atoms with Crippen molar-refractivity contribution < 1.29 is 32.7 Å². The van der Waals surface area contributed by atoms with Crippen LogP contribution in [0.3, 0.4) is 0 Å².